The minimum Gasteiger partial charge on any atom is -0.481 e. The van der Waals surface area contributed by atoms with Crippen LogP contribution in [0, 0.1) is 23.5 Å². The predicted octanol–water partition coefficient (Wildman–Crippen LogP) is 1.37. The number of nitrogen functional groups attached to an aromatic ring is 1. The number of benzene rings is 1. The lowest BCUT2D eigenvalue weighted by Crippen LogP contribution is -1.96. The number of halogens is 2. The highest BCUT2D eigenvalue weighted by Crippen LogP contribution is 2.16. The molecule has 0 saturated carbocycles. The van der Waals surface area contributed by atoms with Crippen molar-refractivity contribution < 1.29 is 18.7 Å². The number of carboxylic acid groups (broad SMARTS) is 1. The summed E-state index contributed by atoms with van der Waals surface area (Å²) >= 11 is 0. The molecule has 0 fully saturated rings. The molecule has 3 nitrogen and oxygen atoms in total. The van der Waals surface area contributed by atoms with Gasteiger partial charge in [-0.2, -0.15) is 0 Å². The van der Waals surface area contributed by atoms with Crippen molar-refractivity contribution in [2.24, 2.45) is 0 Å². The summed E-state index contributed by atoms with van der Waals surface area (Å²) in [5, 5.41) is 8.29. The second kappa shape index (κ2) is 4.42. The molecule has 0 amide bonds. The van der Waals surface area contributed by atoms with Gasteiger partial charge in [-0.1, -0.05) is 11.8 Å². The lowest BCUT2D eigenvalue weighted by atomic mass is 10.1. The minimum atomic E-state index is -1.12. The molecular weight excluding hydrogens is 204 g/mol. The Balaban J connectivity index is 3.03. The van der Waals surface area contributed by atoms with Gasteiger partial charge in [-0.25, -0.2) is 8.78 Å². The maximum Gasteiger partial charge on any atom is 0.315 e. The van der Waals surface area contributed by atoms with Crippen LogP contribution < -0.4 is 5.73 Å². The molecule has 0 atom stereocenters. The van der Waals surface area contributed by atoms with Gasteiger partial charge in [-0.15, -0.1) is 0 Å². The summed E-state index contributed by atoms with van der Waals surface area (Å²) in [5.41, 5.74) is 4.98. The quantitative estimate of drug-likeness (QED) is 0.544. The molecule has 15 heavy (non-hydrogen) atoms. The Labute approximate surface area is 84.5 Å². The third kappa shape index (κ3) is 2.95. The standard InChI is InChI=1S/C10H7F2NO2/c11-6-4-8(12)7(9(13)5-6)2-1-3-10(14)15/h4-5H,3,13H2,(H,14,15). The monoisotopic (exact) mass is 211 g/mol. The molecule has 5 heteroatoms. The molecule has 0 heterocycles. The van der Waals surface area contributed by atoms with E-state index >= 15 is 0 Å². The van der Waals surface area contributed by atoms with Gasteiger partial charge in [0.2, 0.25) is 0 Å². The number of nitrogens with two attached hydrogens (primary N) is 1. The van der Waals surface area contributed by atoms with E-state index in [1.54, 1.807) is 0 Å². The van der Waals surface area contributed by atoms with Gasteiger partial charge in [0.1, 0.15) is 18.1 Å². The zero-order valence-electron chi connectivity index (χ0n) is 7.55. The summed E-state index contributed by atoms with van der Waals surface area (Å²) < 4.78 is 25.7. The summed E-state index contributed by atoms with van der Waals surface area (Å²) in [6, 6.07) is 1.56. The summed E-state index contributed by atoms with van der Waals surface area (Å²) in [7, 11) is 0. The van der Waals surface area contributed by atoms with Gasteiger partial charge >= 0.3 is 5.97 Å². The molecule has 0 aliphatic carbocycles. The van der Waals surface area contributed by atoms with Gasteiger partial charge in [-0.05, 0) is 6.07 Å². The molecule has 78 valence electrons. The second-order valence-electron chi connectivity index (χ2n) is 2.72. The average molecular weight is 211 g/mol. The lowest BCUT2D eigenvalue weighted by Gasteiger charge is -1.99. The van der Waals surface area contributed by atoms with Crippen molar-refractivity contribution in [2.45, 2.75) is 6.42 Å². The highest BCUT2D eigenvalue weighted by molar-refractivity contribution is 5.70. The molecule has 0 unspecified atom stereocenters. The molecule has 0 aliphatic heterocycles. The molecule has 0 aromatic heterocycles. The maximum atomic E-state index is 13.1. The zero-order valence-corrected chi connectivity index (χ0v) is 7.55. The van der Waals surface area contributed by atoms with Crippen LogP contribution in [0.25, 0.3) is 0 Å². The van der Waals surface area contributed by atoms with E-state index in [0.717, 1.165) is 6.07 Å². The maximum absolute atomic E-state index is 13.1. The number of carboxylic acids is 1. The fourth-order valence-corrected chi connectivity index (χ4v) is 0.934. The summed E-state index contributed by atoms with van der Waals surface area (Å²) in [6.07, 6.45) is -0.420. The number of hydrogen-bond donors (Lipinski definition) is 2. The van der Waals surface area contributed by atoms with E-state index in [2.05, 4.69) is 11.8 Å². The number of carbonyl (C=O) groups is 1. The second-order valence-corrected chi connectivity index (χ2v) is 2.72. The first-order chi connectivity index (χ1) is 7.00. The van der Waals surface area contributed by atoms with Crippen molar-refractivity contribution in [1.82, 2.24) is 0 Å². The van der Waals surface area contributed by atoms with E-state index in [0.29, 0.717) is 6.07 Å². The number of rotatable bonds is 1. The largest absolute Gasteiger partial charge is 0.481 e. The molecule has 3 N–H and O–H groups in total. The van der Waals surface area contributed by atoms with Crippen LogP contribution in [0.15, 0.2) is 12.1 Å². The summed E-state index contributed by atoms with van der Waals surface area (Å²) in [6.45, 7) is 0. The zero-order chi connectivity index (χ0) is 11.4. The number of aliphatic carboxylic acids is 1. The van der Waals surface area contributed by atoms with Crippen molar-refractivity contribution in [3.63, 3.8) is 0 Å². The Morgan fingerprint density at radius 3 is 2.67 bits per heavy atom. The highest BCUT2D eigenvalue weighted by atomic mass is 19.1. The van der Waals surface area contributed by atoms with E-state index in [1.165, 1.54) is 0 Å². The Morgan fingerprint density at radius 1 is 1.47 bits per heavy atom. The van der Waals surface area contributed by atoms with Crippen LogP contribution in [-0.2, 0) is 4.79 Å². The van der Waals surface area contributed by atoms with Crippen molar-refractivity contribution in [3.05, 3.63) is 29.3 Å². The Kier molecular flexibility index (Phi) is 3.24. The highest BCUT2D eigenvalue weighted by Gasteiger charge is 2.06. The average Bonchev–Trinajstić information content (AvgIpc) is 2.08. The van der Waals surface area contributed by atoms with Gasteiger partial charge in [0.15, 0.2) is 0 Å². The smallest absolute Gasteiger partial charge is 0.315 e. The Hall–Kier alpha value is -2.09. The SMILES string of the molecule is Nc1cc(F)cc(F)c1C#CCC(=O)O. The third-order valence-corrected chi connectivity index (χ3v) is 1.54. The fourth-order valence-electron chi connectivity index (χ4n) is 0.934. The molecule has 1 aromatic carbocycles. The molecule has 0 saturated heterocycles. The molecule has 0 spiro atoms. The Bertz CT molecular complexity index is 437. The van der Waals surface area contributed by atoms with Gasteiger partial charge in [-0.3, -0.25) is 4.79 Å². The molecule has 1 aromatic rings. The van der Waals surface area contributed by atoms with Gasteiger partial charge < -0.3 is 10.8 Å². The van der Waals surface area contributed by atoms with Crippen molar-refractivity contribution >= 4 is 11.7 Å². The summed E-state index contributed by atoms with van der Waals surface area (Å²) in [5.74, 6) is 1.64. The van der Waals surface area contributed by atoms with Crippen LogP contribution in [0.3, 0.4) is 0 Å². The van der Waals surface area contributed by atoms with Gasteiger partial charge in [0.05, 0.1) is 11.3 Å². The Morgan fingerprint density at radius 2 is 2.13 bits per heavy atom. The van der Waals surface area contributed by atoms with E-state index in [4.69, 9.17) is 10.8 Å². The van der Waals surface area contributed by atoms with Crippen LogP contribution in [0.4, 0.5) is 14.5 Å². The minimum absolute atomic E-state index is 0.148. The van der Waals surface area contributed by atoms with Crippen LogP contribution in [0.5, 0.6) is 0 Å². The van der Waals surface area contributed by atoms with Crippen LogP contribution in [-0.4, -0.2) is 11.1 Å². The lowest BCUT2D eigenvalue weighted by molar-refractivity contribution is -0.135. The topological polar surface area (TPSA) is 63.3 Å². The molecule has 0 bridgehead atoms. The van der Waals surface area contributed by atoms with Crippen LogP contribution in [0.1, 0.15) is 12.0 Å². The fraction of sp³-hybridized carbons (Fsp3) is 0.100. The first-order valence-corrected chi connectivity index (χ1v) is 3.96. The van der Waals surface area contributed by atoms with E-state index < -0.39 is 24.0 Å². The first kappa shape index (κ1) is 11.0. The molecule has 0 radical (unpaired) electrons. The predicted molar refractivity (Wildman–Crippen MR) is 49.9 cm³/mol. The van der Waals surface area contributed by atoms with E-state index in [9.17, 15) is 13.6 Å². The van der Waals surface area contributed by atoms with Crippen molar-refractivity contribution in [3.8, 4) is 11.8 Å². The van der Waals surface area contributed by atoms with Crippen LogP contribution in [0.2, 0.25) is 0 Å². The molecule has 0 aliphatic rings. The van der Waals surface area contributed by atoms with Crippen molar-refractivity contribution in [1.29, 1.82) is 0 Å². The first-order valence-electron chi connectivity index (χ1n) is 3.96. The van der Waals surface area contributed by atoms with E-state index in [-0.39, 0.29) is 11.3 Å². The number of hydrogen-bond acceptors (Lipinski definition) is 2. The number of anilines is 1. The normalized spacial score (nSPS) is 9.20. The molecule has 1 rings (SSSR count). The molecular formula is C10H7F2NO2. The third-order valence-electron chi connectivity index (χ3n) is 1.54. The van der Waals surface area contributed by atoms with Crippen LogP contribution >= 0.6 is 0 Å². The van der Waals surface area contributed by atoms with Gasteiger partial charge in [0, 0.05) is 6.07 Å². The summed E-state index contributed by atoms with van der Waals surface area (Å²) in [4.78, 5) is 10.1. The van der Waals surface area contributed by atoms with Gasteiger partial charge in [0.25, 0.3) is 0 Å². The van der Waals surface area contributed by atoms with Crippen molar-refractivity contribution in [2.75, 3.05) is 5.73 Å². The van der Waals surface area contributed by atoms with E-state index in [1.807, 2.05) is 0 Å².